The lowest BCUT2D eigenvalue weighted by atomic mass is 10.0. The first kappa shape index (κ1) is 16.4. The lowest BCUT2D eigenvalue weighted by molar-refractivity contribution is 0.0706. The van der Waals surface area contributed by atoms with Gasteiger partial charge in [0.05, 0.1) is 0 Å². The molecule has 5 heteroatoms. The highest BCUT2D eigenvalue weighted by Gasteiger charge is 2.07. The molecule has 0 radical (unpaired) electrons. The number of hydroxylamine groups is 1. The van der Waals surface area contributed by atoms with E-state index in [0.717, 1.165) is 16.8 Å². The second-order valence-electron chi connectivity index (χ2n) is 5.42. The number of hydrogen-bond acceptors (Lipinski definition) is 3. The van der Waals surface area contributed by atoms with Crippen LogP contribution < -0.4 is 10.8 Å². The number of benzene rings is 3. The van der Waals surface area contributed by atoms with Gasteiger partial charge in [-0.25, -0.2) is 5.48 Å². The smallest absolute Gasteiger partial charge is 0.274 e. The molecule has 0 aliphatic heterocycles. The van der Waals surface area contributed by atoms with Crippen molar-refractivity contribution in [2.45, 2.75) is 0 Å². The molecule has 0 bridgehead atoms. The van der Waals surface area contributed by atoms with Crippen LogP contribution in [-0.2, 0) is 0 Å². The van der Waals surface area contributed by atoms with Crippen molar-refractivity contribution in [1.82, 2.24) is 5.48 Å². The van der Waals surface area contributed by atoms with Crippen LogP contribution in [0.5, 0.6) is 0 Å². The largest absolute Gasteiger partial charge is 0.322 e. The number of carbonyl (C=O) groups is 2. The second kappa shape index (κ2) is 7.42. The molecule has 0 saturated heterocycles. The highest BCUT2D eigenvalue weighted by atomic mass is 16.5. The van der Waals surface area contributed by atoms with E-state index in [0.29, 0.717) is 11.1 Å². The summed E-state index contributed by atoms with van der Waals surface area (Å²) >= 11 is 0. The molecule has 0 saturated carbocycles. The van der Waals surface area contributed by atoms with Crippen LogP contribution in [0.25, 0.3) is 11.1 Å². The molecular weight excluding hydrogens is 316 g/mol. The summed E-state index contributed by atoms with van der Waals surface area (Å²) in [6, 6.07) is 23.3. The molecule has 25 heavy (non-hydrogen) atoms. The maximum atomic E-state index is 12.2. The second-order valence-corrected chi connectivity index (χ2v) is 5.42. The molecule has 0 heterocycles. The Morgan fingerprint density at radius 1 is 0.640 bits per heavy atom. The maximum absolute atomic E-state index is 12.2. The molecule has 2 amide bonds. The first-order chi connectivity index (χ1) is 12.2. The molecule has 5 nitrogen and oxygen atoms in total. The number of anilines is 1. The lowest BCUT2D eigenvalue weighted by Gasteiger charge is -2.07. The molecule has 124 valence electrons. The third kappa shape index (κ3) is 3.91. The van der Waals surface area contributed by atoms with Gasteiger partial charge in [-0.1, -0.05) is 42.5 Å². The minimum Gasteiger partial charge on any atom is -0.322 e. The summed E-state index contributed by atoms with van der Waals surface area (Å²) in [6.45, 7) is 0. The average Bonchev–Trinajstić information content (AvgIpc) is 2.68. The molecule has 0 aliphatic carbocycles. The first-order valence-corrected chi connectivity index (χ1v) is 7.69. The van der Waals surface area contributed by atoms with Gasteiger partial charge >= 0.3 is 0 Å². The third-order valence-electron chi connectivity index (χ3n) is 3.76. The molecule has 3 N–H and O–H groups in total. The van der Waals surface area contributed by atoms with Crippen molar-refractivity contribution in [3.63, 3.8) is 0 Å². The number of para-hydroxylation sites is 1. The summed E-state index contributed by atoms with van der Waals surface area (Å²) in [5, 5.41) is 11.5. The van der Waals surface area contributed by atoms with E-state index >= 15 is 0 Å². The van der Waals surface area contributed by atoms with Crippen LogP contribution >= 0.6 is 0 Å². The monoisotopic (exact) mass is 332 g/mol. The van der Waals surface area contributed by atoms with Crippen molar-refractivity contribution in [3.05, 3.63) is 90.0 Å². The lowest BCUT2D eigenvalue weighted by Crippen LogP contribution is -2.18. The topological polar surface area (TPSA) is 78.4 Å². The quantitative estimate of drug-likeness (QED) is 0.503. The van der Waals surface area contributed by atoms with Gasteiger partial charge in [0.15, 0.2) is 0 Å². The average molecular weight is 332 g/mol. The summed E-state index contributed by atoms with van der Waals surface area (Å²) in [7, 11) is 0. The Balaban J connectivity index is 1.73. The van der Waals surface area contributed by atoms with Crippen molar-refractivity contribution in [2.24, 2.45) is 0 Å². The van der Waals surface area contributed by atoms with Crippen LogP contribution in [-0.4, -0.2) is 17.0 Å². The zero-order chi connectivity index (χ0) is 17.6. The fourth-order valence-corrected chi connectivity index (χ4v) is 2.42. The molecule has 0 fully saturated rings. The number of carbonyl (C=O) groups excluding carboxylic acids is 2. The van der Waals surface area contributed by atoms with Crippen LogP contribution in [0.4, 0.5) is 5.69 Å². The van der Waals surface area contributed by atoms with Gasteiger partial charge in [-0.2, -0.15) is 0 Å². The molecular formula is C20H16N2O3. The van der Waals surface area contributed by atoms with Crippen molar-refractivity contribution in [2.75, 3.05) is 5.32 Å². The van der Waals surface area contributed by atoms with Crippen LogP contribution in [0.3, 0.4) is 0 Å². The van der Waals surface area contributed by atoms with E-state index in [-0.39, 0.29) is 5.91 Å². The standard InChI is InChI=1S/C20H16N2O3/c23-19(21-18-4-2-1-3-5-18)16-10-6-14(7-11-16)15-8-12-17(13-9-15)20(24)22-25/h1-13,25H,(H,21,23)(H,22,24). The number of nitrogens with one attached hydrogen (secondary N) is 2. The van der Waals surface area contributed by atoms with Crippen molar-refractivity contribution < 1.29 is 14.8 Å². The van der Waals surface area contributed by atoms with Crippen molar-refractivity contribution in [1.29, 1.82) is 0 Å². The Hall–Kier alpha value is -3.44. The zero-order valence-electron chi connectivity index (χ0n) is 13.3. The molecule has 0 spiro atoms. The fourth-order valence-electron chi connectivity index (χ4n) is 2.42. The van der Waals surface area contributed by atoms with Gasteiger partial charge in [0.25, 0.3) is 11.8 Å². The van der Waals surface area contributed by atoms with Gasteiger partial charge in [0.2, 0.25) is 0 Å². The van der Waals surface area contributed by atoms with Crippen LogP contribution in [0.2, 0.25) is 0 Å². The van der Waals surface area contributed by atoms with Crippen molar-refractivity contribution in [3.8, 4) is 11.1 Å². The minimum atomic E-state index is -0.556. The molecule has 3 rings (SSSR count). The molecule has 3 aromatic rings. The van der Waals surface area contributed by atoms with E-state index in [4.69, 9.17) is 5.21 Å². The van der Waals surface area contributed by atoms with Gasteiger partial charge in [-0.05, 0) is 47.5 Å². The van der Waals surface area contributed by atoms with Gasteiger partial charge in [0.1, 0.15) is 0 Å². The van der Waals surface area contributed by atoms with E-state index in [9.17, 15) is 9.59 Å². The highest BCUT2D eigenvalue weighted by Crippen LogP contribution is 2.21. The Morgan fingerprint density at radius 2 is 1.12 bits per heavy atom. The molecule has 0 aromatic heterocycles. The number of hydrogen-bond donors (Lipinski definition) is 3. The SMILES string of the molecule is O=C(NO)c1ccc(-c2ccc(C(=O)Nc3ccccc3)cc2)cc1. The summed E-state index contributed by atoms with van der Waals surface area (Å²) in [5.74, 6) is -0.729. The Morgan fingerprint density at radius 3 is 1.60 bits per heavy atom. The van der Waals surface area contributed by atoms with E-state index in [1.807, 2.05) is 42.5 Å². The van der Waals surface area contributed by atoms with E-state index in [1.165, 1.54) is 0 Å². The van der Waals surface area contributed by atoms with Crippen LogP contribution in [0.15, 0.2) is 78.9 Å². The summed E-state index contributed by atoms with van der Waals surface area (Å²) < 4.78 is 0. The zero-order valence-corrected chi connectivity index (χ0v) is 13.3. The fraction of sp³-hybridized carbons (Fsp3) is 0. The summed E-state index contributed by atoms with van der Waals surface area (Å²) in [5.41, 5.74) is 5.10. The van der Waals surface area contributed by atoms with E-state index in [2.05, 4.69) is 5.32 Å². The van der Waals surface area contributed by atoms with Crippen LogP contribution in [0.1, 0.15) is 20.7 Å². The number of amides is 2. The molecule has 0 aliphatic rings. The van der Waals surface area contributed by atoms with E-state index in [1.54, 1.807) is 41.9 Å². The van der Waals surface area contributed by atoms with E-state index < -0.39 is 5.91 Å². The summed E-state index contributed by atoms with van der Waals surface area (Å²) in [4.78, 5) is 23.6. The Bertz CT molecular complexity index is 873. The predicted octanol–water partition coefficient (Wildman–Crippen LogP) is 3.72. The normalized spacial score (nSPS) is 10.1. The van der Waals surface area contributed by atoms with Crippen molar-refractivity contribution >= 4 is 17.5 Å². The molecule has 3 aromatic carbocycles. The maximum Gasteiger partial charge on any atom is 0.274 e. The van der Waals surface area contributed by atoms with Gasteiger partial charge < -0.3 is 5.32 Å². The summed E-state index contributed by atoms with van der Waals surface area (Å²) in [6.07, 6.45) is 0. The number of rotatable bonds is 4. The first-order valence-electron chi connectivity index (χ1n) is 7.69. The molecule has 0 atom stereocenters. The molecule has 0 unspecified atom stereocenters. The van der Waals surface area contributed by atoms with Crippen LogP contribution in [0, 0.1) is 0 Å². The predicted molar refractivity (Wildman–Crippen MR) is 95.5 cm³/mol. The minimum absolute atomic E-state index is 0.173. The Kier molecular flexibility index (Phi) is 4.87. The van der Waals surface area contributed by atoms with Gasteiger partial charge in [-0.3, -0.25) is 14.8 Å². The Labute approximate surface area is 144 Å². The van der Waals surface area contributed by atoms with Gasteiger partial charge in [-0.15, -0.1) is 0 Å². The highest BCUT2D eigenvalue weighted by molar-refractivity contribution is 6.04. The van der Waals surface area contributed by atoms with Gasteiger partial charge in [0, 0.05) is 16.8 Å². The third-order valence-corrected chi connectivity index (χ3v) is 3.76.